The zero-order chi connectivity index (χ0) is 28.6. The number of para-hydroxylation sites is 3. The van der Waals surface area contributed by atoms with Crippen molar-refractivity contribution in [2.45, 2.75) is 25.7 Å². The molecule has 0 fully saturated rings. The number of pyridine rings is 1. The molecule has 208 valence electrons. The van der Waals surface area contributed by atoms with E-state index in [2.05, 4.69) is 119 Å². The number of anilines is 5. The number of nitrogens with zero attached hydrogens (tertiary/aromatic N) is 2. The Morgan fingerprint density at radius 2 is 1.28 bits per heavy atom. The average Bonchev–Trinajstić information content (AvgIpc) is 3.35. The van der Waals surface area contributed by atoms with E-state index in [0.717, 1.165) is 59.9 Å². The molecule has 2 aliphatic rings. The molecule has 2 aliphatic heterocycles. The maximum absolute atomic E-state index is 6.54. The van der Waals surface area contributed by atoms with E-state index in [1.165, 1.54) is 39.2 Å². The molecule has 0 aliphatic carbocycles. The van der Waals surface area contributed by atoms with Crippen LogP contribution in [-0.4, -0.2) is 4.98 Å². The standard InChI is InChI=1S/C39H31N3O/c1-3-18-36-27(9-1)20-22-29-11-6-17-35(38(29)41-36)31-12-5-15-33(25-31)43-34-16-7-14-32(26-34)42-37-19-4-2-10-28(37)21-23-30-13-8-24-40-39(30)42/h1-19,24-26,41H,20-23H2. The number of aromatic nitrogens is 1. The summed E-state index contributed by atoms with van der Waals surface area (Å²) in [5, 5.41) is 3.75. The molecular formula is C39H31N3O. The lowest BCUT2D eigenvalue weighted by atomic mass is 9.97. The summed E-state index contributed by atoms with van der Waals surface area (Å²) < 4.78 is 6.54. The van der Waals surface area contributed by atoms with Crippen LogP contribution >= 0.6 is 0 Å². The van der Waals surface area contributed by atoms with Crippen molar-refractivity contribution in [1.82, 2.24) is 4.98 Å². The zero-order valence-corrected chi connectivity index (χ0v) is 23.8. The predicted molar refractivity (Wildman–Crippen MR) is 175 cm³/mol. The number of ether oxygens (including phenoxy) is 1. The summed E-state index contributed by atoms with van der Waals surface area (Å²) in [6.45, 7) is 0. The largest absolute Gasteiger partial charge is 0.457 e. The number of hydrogen-bond acceptors (Lipinski definition) is 4. The number of nitrogens with one attached hydrogen (secondary N) is 1. The van der Waals surface area contributed by atoms with Crippen LogP contribution < -0.4 is 15.0 Å². The molecule has 6 aromatic rings. The molecule has 0 saturated heterocycles. The van der Waals surface area contributed by atoms with Crippen LogP contribution in [0.15, 0.2) is 134 Å². The van der Waals surface area contributed by atoms with E-state index in [0.29, 0.717) is 0 Å². The molecule has 0 atom stereocenters. The molecule has 43 heavy (non-hydrogen) atoms. The van der Waals surface area contributed by atoms with E-state index in [1.807, 2.05) is 24.4 Å². The second kappa shape index (κ2) is 10.8. The Balaban J connectivity index is 1.14. The highest BCUT2D eigenvalue weighted by atomic mass is 16.5. The minimum Gasteiger partial charge on any atom is -0.457 e. The highest BCUT2D eigenvalue weighted by Gasteiger charge is 2.23. The van der Waals surface area contributed by atoms with Gasteiger partial charge in [0, 0.05) is 29.2 Å². The lowest BCUT2D eigenvalue weighted by Gasteiger charge is -2.26. The maximum Gasteiger partial charge on any atom is 0.140 e. The molecule has 0 bridgehead atoms. The Labute approximate surface area is 252 Å². The molecule has 0 saturated carbocycles. The summed E-state index contributed by atoms with van der Waals surface area (Å²) in [5.74, 6) is 2.56. The first-order valence-electron chi connectivity index (χ1n) is 15.0. The van der Waals surface area contributed by atoms with Gasteiger partial charge in [0.05, 0.1) is 11.4 Å². The number of benzene rings is 5. The van der Waals surface area contributed by atoms with Crippen molar-refractivity contribution in [3.63, 3.8) is 0 Å². The van der Waals surface area contributed by atoms with Gasteiger partial charge >= 0.3 is 0 Å². The molecule has 4 nitrogen and oxygen atoms in total. The van der Waals surface area contributed by atoms with Gasteiger partial charge in [-0.05, 0) is 96.0 Å². The van der Waals surface area contributed by atoms with Gasteiger partial charge in [-0.25, -0.2) is 4.98 Å². The van der Waals surface area contributed by atoms with Crippen molar-refractivity contribution in [3.05, 3.63) is 156 Å². The van der Waals surface area contributed by atoms with Gasteiger partial charge in [-0.1, -0.05) is 78.9 Å². The van der Waals surface area contributed by atoms with Crippen LogP contribution in [0.1, 0.15) is 22.3 Å². The minimum absolute atomic E-state index is 0.785. The molecular weight excluding hydrogens is 526 g/mol. The minimum atomic E-state index is 0.785. The quantitative estimate of drug-likeness (QED) is 0.234. The van der Waals surface area contributed by atoms with E-state index >= 15 is 0 Å². The Morgan fingerprint density at radius 1 is 0.581 bits per heavy atom. The molecule has 1 aromatic heterocycles. The van der Waals surface area contributed by atoms with Crippen LogP contribution in [0.3, 0.4) is 0 Å². The maximum atomic E-state index is 6.54. The van der Waals surface area contributed by atoms with Gasteiger partial charge in [-0.3, -0.25) is 4.90 Å². The summed E-state index contributed by atoms with van der Waals surface area (Å²) in [5.41, 5.74) is 12.1. The van der Waals surface area contributed by atoms with Crippen molar-refractivity contribution in [3.8, 4) is 22.6 Å². The van der Waals surface area contributed by atoms with Crippen LogP contribution in [0.5, 0.6) is 11.5 Å². The second-order valence-electron chi connectivity index (χ2n) is 11.2. The first-order valence-corrected chi connectivity index (χ1v) is 15.0. The van der Waals surface area contributed by atoms with E-state index in [4.69, 9.17) is 9.72 Å². The van der Waals surface area contributed by atoms with Gasteiger partial charge in [-0.15, -0.1) is 0 Å². The van der Waals surface area contributed by atoms with Gasteiger partial charge in [0.15, 0.2) is 0 Å². The molecule has 0 amide bonds. The molecule has 1 N–H and O–H groups in total. The zero-order valence-electron chi connectivity index (χ0n) is 23.8. The normalized spacial score (nSPS) is 13.3. The van der Waals surface area contributed by atoms with Crippen LogP contribution in [-0.2, 0) is 25.7 Å². The van der Waals surface area contributed by atoms with Gasteiger partial charge in [0.2, 0.25) is 0 Å². The van der Waals surface area contributed by atoms with Gasteiger partial charge in [0.1, 0.15) is 17.3 Å². The summed E-state index contributed by atoms with van der Waals surface area (Å²) in [6, 6.07) is 44.8. The first-order chi connectivity index (χ1) is 21.3. The summed E-state index contributed by atoms with van der Waals surface area (Å²) in [4.78, 5) is 7.10. The average molecular weight is 558 g/mol. The van der Waals surface area contributed by atoms with Crippen LogP contribution in [0.25, 0.3) is 11.1 Å². The van der Waals surface area contributed by atoms with Gasteiger partial charge in [-0.2, -0.15) is 0 Å². The third-order valence-corrected chi connectivity index (χ3v) is 8.52. The lowest BCUT2D eigenvalue weighted by Crippen LogP contribution is -2.13. The van der Waals surface area contributed by atoms with E-state index < -0.39 is 0 Å². The molecule has 4 heteroatoms. The molecule has 8 rings (SSSR count). The first kappa shape index (κ1) is 25.4. The summed E-state index contributed by atoms with van der Waals surface area (Å²) in [6.07, 6.45) is 5.86. The number of aryl methyl sites for hydroxylation is 4. The van der Waals surface area contributed by atoms with Crippen LogP contribution in [0.2, 0.25) is 0 Å². The molecule has 0 radical (unpaired) electrons. The number of rotatable bonds is 4. The number of fused-ring (bicyclic) bond motifs is 4. The topological polar surface area (TPSA) is 37.4 Å². The van der Waals surface area contributed by atoms with Gasteiger partial charge < -0.3 is 10.1 Å². The fraction of sp³-hybridized carbons (Fsp3) is 0.103. The lowest BCUT2D eigenvalue weighted by molar-refractivity contribution is 0.483. The third kappa shape index (κ3) is 4.81. The van der Waals surface area contributed by atoms with Crippen LogP contribution in [0, 0.1) is 0 Å². The monoisotopic (exact) mass is 557 g/mol. The Hall–Kier alpha value is -5.35. The molecule has 0 unspecified atom stereocenters. The Bertz CT molecular complexity index is 1920. The molecule has 3 heterocycles. The second-order valence-corrected chi connectivity index (χ2v) is 11.2. The highest BCUT2D eigenvalue weighted by molar-refractivity contribution is 5.85. The predicted octanol–water partition coefficient (Wildman–Crippen LogP) is 9.95. The van der Waals surface area contributed by atoms with E-state index in [-0.39, 0.29) is 0 Å². The van der Waals surface area contributed by atoms with Crippen molar-refractivity contribution < 1.29 is 4.74 Å². The van der Waals surface area contributed by atoms with Crippen molar-refractivity contribution in [2.75, 3.05) is 10.2 Å². The Morgan fingerprint density at radius 3 is 2.23 bits per heavy atom. The Kier molecular flexibility index (Phi) is 6.38. The van der Waals surface area contributed by atoms with Gasteiger partial charge in [0.25, 0.3) is 0 Å². The number of hydrogen-bond donors (Lipinski definition) is 1. The smallest absolute Gasteiger partial charge is 0.140 e. The van der Waals surface area contributed by atoms with Crippen molar-refractivity contribution >= 4 is 28.6 Å². The molecule has 5 aromatic carbocycles. The summed E-state index contributed by atoms with van der Waals surface area (Å²) in [7, 11) is 0. The van der Waals surface area contributed by atoms with Crippen molar-refractivity contribution in [2.24, 2.45) is 0 Å². The molecule has 0 spiro atoms. The fourth-order valence-corrected chi connectivity index (χ4v) is 6.42. The SMILES string of the molecule is c1cc(Oc2cccc(N3c4ccccc4CCc4cccnc43)c2)cc(-c2cccc3c2Nc2ccccc2CC3)c1. The van der Waals surface area contributed by atoms with E-state index in [1.54, 1.807) is 0 Å². The van der Waals surface area contributed by atoms with Crippen LogP contribution in [0.4, 0.5) is 28.6 Å². The fourth-order valence-electron chi connectivity index (χ4n) is 6.42. The third-order valence-electron chi connectivity index (χ3n) is 8.52. The van der Waals surface area contributed by atoms with Crippen molar-refractivity contribution in [1.29, 1.82) is 0 Å². The highest BCUT2D eigenvalue weighted by Crippen LogP contribution is 2.42. The van der Waals surface area contributed by atoms with E-state index in [9.17, 15) is 0 Å². The summed E-state index contributed by atoms with van der Waals surface area (Å²) >= 11 is 0.